The molecule has 0 bridgehead atoms. The van der Waals surface area contributed by atoms with Gasteiger partial charge in [0, 0.05) is 30.7 Å². The number of hydrogen-bond donors (Lipinski definition) is 1. The van der Waals surface area contributed by atoms with Crippen LogP contribution < -0.4 is 10.6 Å². The average Bonchev–Trinajstić information content (AvgIpc) is 2.20. The number of piperazine rings is 1. The van der Waals surface area contributed by atoms with Crippen LogP contribution in [-0.4, -0.2) is 38.1 Å². The molecule has 1 saturated heterocycles. The standard InChI is InChI=1S/C11H16BrN3/c1-14-4-6-15(7-5-14)11-3-2-9(12)8-10(11)13/h2-3,8H,4-7,13H2,1H3. The van der Waals surface area contributed by atoms with Crippen LogP contribution in [0.15, 0.2) is 22.7 Å². The van der Waals surface area contributed by atoms with Gasteiger partial charge in [-0.3, -0.25) is 0 Å². The van der Waals surface area contributed by atoms with Crippen LogP contribution in [0.25, 0.3) is 0 Å². The summed E-state index contributed by atoms with van der Waals surface area (Å²) in [6.07, 6.45) is 0. The van der Waals surface area contributed by atoms with Gasteiger partial charge in [-0.15, -0.1) is 0 Å². The highest BCUT2D eigenvalue weighted by atomic mass is 79.9. The molecule has 1 fully saturated rings. The van der Waals surface area contributed by atoms with Crippen LogP contribution in [0.5, 0.6) is 0 Å². The van der Waals surface area contributed by atoms with Gasteiger partial charge in [0.25, 0.3) is 0 Å². The Hall–Kier alpha value is -0.740. The summed E-state index contributed by atoms with van der Waals surface area (Å²) in [5.41, 5.74) is 8.02. The topological polar surface area (TPSA) is 32.5 Å². The third-order valence-electron chi connectivity index (χ3n) is 2.83. The second kappa shape index (κ2) is 4.41. The van der Waals surface area contributed by atoms with Crippen molar-refractivity contribution < 1.29 is 0 Å². The molecule has 15 heavy (non-hydrogen) atoms. The SMILES string of the molecule is CN1CCN(c2ccc(Br)cc2N)CC1. The highest BCUT2D eigenvalue weighted by Gasteiger charge is 2.15. The molecular weight excluding hydrogens is 254 g/mol. The maximum Gasteiger partial charge on any atom is 0.0601 e. The Kier molecular flexibility index (Phi) is 3.17. The van der Waals surface area contributed by atoms with Crippen LogP contribution >= 0.6 is 15.9 Å². The fraction of sp³-hybridized carbons (Fsp3) is 0.455. The molecule has 0 aliphatic carbocycles. The van der Waals surface area contributed by atoms with E-state index in [1.54, 1.807) is 0 Å². The first-order chi connectivity index (χ1) is 7.16. The van der Waals surface area contributed by atoms with Gasteiger partial charge < -0.3 is 15.5 Å². The molecule has 0 unspecified atom stereocenters. The molecule has 0 spiro atoms. The van der Waals surface area contributed by atoms with Gasteiger partial charge in [0.1, 0.15) is 0 Å². The molecule has 0 amide bonds. The van der Waals surface area contributed by atoms with Gasteiger partial charge in [0.2, 0.25) is 0 Å². The van der Waals surface area contributed by atoms with E-state index in [2.05, 4.69) is 38.8 Å². The summed E-state index contributed by atoms with van der Waals surface area (Å²) in [6, 6.07) is 6.10. The Morgan fingerprint density at radius 1 is 1.20 bits per heavy atom. The molecule has 2 N–H and O–H groups in total. The Labute approximate surface area is 99.0 Å². The molecule has 1 aliphatic rings. The minimum Gasteiger partial charge on any atom is -0.397 e. The fourth-order valence-electron chi connectivity index (χ4n) is 1.86. The van der Waals surface area contributed by atoms with E-state index in [9.17, 15) is 0 Å². The van der Waals surface area contributed by atoms with Gasteiger partial charge in [0.15, 0.2) is 0 Å². The van der Waals surface area contributed by atoms with Crippen molar-refractivity contribution in [3.8, 4) is 0 Å². The molecular formula is C11H16BrN3. The Morgan fingerprint density at radius 2 is 1.87 bits per heavy atom. The summed E-state index contributed by atoms with van der Waals surface area (Å²) < 4.78 is 1.04. The van der Waals surface area contributed by atoms with Crippen molar-refractivity contribution in [1.82, 2.24) is 4.90 Å². The molecule has 1 aliphatic heterocycles. The number of rotatable bonds is 1. The molecule has 0 radical (unpaired) electrons. The number of nitrogen functional groups attached to an aromatic ring is 1. The van der Waals surface area contributed by atoms with Crippen molar-refractivity contribution in [2.24, 2.45) is 0 Å². The monoisotopic (exact) mass is 269 g/mol. The lowest BCUT2D eigenvalue weighted by Crippen LogP contribution is -2.44. The zero-order valence-corrected chi connectivity index (χ0v) is 10.5. The van der Waals surface area contributed by atoms with E-state index in [-0.39, 0.29) is 0 Å². The summed E-state index contributed by atoms with van der Waals surface area (Å²) in [6.45, 7) is 4.33. The van der Waals surface area contributed by atoms with E-state index in [0.717, 1.165) is 42.0 Å². The molecule has 2 rings (SSSR count). The number of hydrogen-bond acceptors (Lipinski definition) is 3. The Morgan fingerprint density at radius 3 is 2.47 bits per heavy atom. The van der Waals surface area contributed by atoms with Gasteiger partial charge in [-0.2, -0.15) is 0 Å². The lowest BCUT2D eigenvalue weighted by atomic mass is 10.2. The largest absolute Gasteiger partial charge is 0.397 e. The molecule has 4 heteroatoms. The quantitative estimate of drug-likeness (QED) is 0.790. The first kappa shape index (κ1) is 10.8. The third kappa shape index (κ3) is 2.44. The van der Waals surface area contributed by atoms with E-state index < -0.39 is 0 Å². The zero-order chi connectivity index (χ0) is 10.8. The van der Waals surface area contributed by atoms with Crippen LogP contribution in [-0.2, 0) is 0 Å². The van der Waals surface area contributed by atoms with Gasteiger partial charge in [-0.25, -0.2) is 0 Å². The molecule has 1 heterocycles. The number of anilines is 2. The van der Waals surface area contributed by atoms with Gasteiger partial charge >= 0.3 is 0 Å². The van der Waals surface area contributed by atoms with Crippen molar-refractivity contribution in [3.63, 3.8) is 0 Å². The molecule has 0 aromatic heterocycles. The van der Waals surface area contributed by atoms with Crippen molar-refractivity contribution >= 4 is 27.3 Å². The van der Waals surface area contributed by atoms with Crippen LogP contribution in [0.3, 0.4) is 0 Å². The number of likely N-dealkylation sites (N-methyl/N-ethyl adjacent to an activating group) is 1. The first-order valence-corrected chi connectivity index (χ1v) is 5.94. The van der Waals surface area contributed by atoms with Gasteiger partial charge in [0.05, 0.1) is 11.4 Å². The van der Waals surface area contributed by atoms with E-state index in [1.165, 1.54) is 0 Å². The minimum atomic E-state index is 0.855. The smallest absolute Gasteiger partial charge is 0.0601 e. The normalized spacial score (nSPS) is 18.1. The first-order valence-electron chi connectivity index (χ1n) is 5.15. The average molecular weight is 270 g/mol. The number of halogens is 1. The van der Waals surface area contributed by atoms with Gasteiger partial charge in [-0.1, -0.05) is 15.9 Å². The van der Waals surface area contributed by atoms with Gasteiger partial charge in [-0.05, 0) is 25.2 Å². The van der Waals surface area contributed by atoms with Crippen molar-refractivity contribution in [2.75, 3.05) is 43.9 Å². The maximum absolute atomic E-state index is 6.00. The van der Waals surface area contributed by atoms with Crippen LogP contribution in [0.1, 0.15) is 0 Å². The summed E-state index contributed by atoms with van der Waals surface area (Å²) in [7, 11) is 2.16. The molecule has 82 valence electrons. The summed E-state index contributed by atoms with van der Waals surface area (Å²) in [5, 5.41) is 0. The van der Waals surface area contributed by atoms with Crippen LogP contribution in [0.4, 0.5) is 11.4 Å². The molecule has 0 atom stereocenters. The summed E-state index contributed by atoms with van der Waals surface area (Å²) in [4.78, 5) is 4.69. The molecule has 0 saturated carbocycles. The van der Waals surface area contributed by atoms with E-state index in [1.807, 2.05) is 12.1 Å². The molecule has 1 aromatic carbocycles. The van der Waals surface area contributed by atoms with Crippen LogP contribution in [0.2, 0.25) is 0 Å². The van der Waals surface area contributed by atoms with Crippen molar-refractivity contribution in [3.05, 3.63) is 22.7 Å². The Bertz CT molecular complexity index is 346. The number of nitrogens with zero attached hydrogens (tertiary/aromatic N) is 2. The van der Waals surface area contributed by atoms with E-state index in [4.69, 9.17) is 5.73 Å². The highest BCUT2D eigenvalue weighted by Crippen LogP contribution is 2.27. The van der Waals surface area contributed by atoms with Crippen molar-refractivity contribution in [2.45, 2.75) is 0 Å². The molecule has 1 aromatic rings. The zero-order valence-electron chi connectivity index (χ0n) is 8.91. The lowest BCUT2D eigenvalue weighted by Gasteiger charge is -2.34. The predicted octanol–water partition coefficient (Wildman–Crippen LogP) is 1.78. The van der Waals surface area contributed by atoms with Crippen LogP contribution in [0, 0.1) is 0 Å². The number of benzene rings is 1. The lowest BCUT2D eigenvalue weighted by molar-refractivity contribution is 0.313. The van der Waals surface area contributed by atoms with E-state index in [0.29, 0.717) is 0 Å². The summed E-state index contributed by atoms with van der Waals surface area (Å²) >= 11 is 3.42. The molecule has 3 nitrogen and oxygen atoms in total. The second-order valence-electron chi connectivity index (χ2n) is 3.99. The van der Waals surface area contributed by atoms with Crippen molar-refractivity contribution in [1.29, 1.82) is 0 Å². The third-order valence-corrected chi connectivity index (χ3v) is 3.33. The highest BCUT2D eigenvalue weighted by molar-refractivity contribution is 9.10. The summed E-state index contributed by atoms with van der Waals surface area (Å²) in [5.74, 6) is 0. The number of nitrogens with two attached hydrogens (primary N) is 1. The minimum absolute atomic E-state index is 0.855. The fourth-order valence-corrected chi connectivity index (χ4v) is 2.24. The Balaban J connectivity index is 2.15. The van der Waals surface area contributed by atoms with E-state index >= 15 is 0 Å². The maximum atomic E-state index is 6.00. The second-order valence-corrected chi connectivity index (χ2v) is 4.91. The predicted molar refractivity (Wildman–Crippen MR) is 68.3 cm³/mol.